The van der Waals surface area contributed by atoms with Crippen LogP contribution in [-0.2, 0) is 6.54 Å². The van der Waals surface area contributed by atoms with E-state index in [2.05, 4.69) is 12.1 Å². The molecule has 29 heavy (non-hydrogen) atoms. The average Bonchev–Trinajstić information content (AvgIpc) is 3.04. The van der Waals surface area contributed by atoms with E-state index in [1.165, 1.54) is 5.56 Å². The molecule has 2 aromatic carbocycles. The predicted molar refractivity (Wildman–Crippen MR) is 114 cm³/mol. The molecule has 0 spiro atoms. The summed E-state index contributed by atoms with van der Waals surface area (Å²) in [4.78, 5) is 15.0. The highest BCUT2D eigenvalue weighted by molar-refractivity contribution is 6.00. The highest BCUT2D eigenvalue weighted by Crippen LogP contribution is 2.31. The zero-order valence-electron chi connectivity index (χ0n) is 17.2. The minimum atomic E-state index is -0.770. The van der Waals surface area contributed by atoms with Gasteiger partial charge in [0, 0.05) is 30.8 Å². The molecule has 3 aromatic rings. The molecule has 4 rings (SSSR count). The van der Waals surface area contributed by atoms with Gasteiger partial charge < -0.3 is 10.0 Å². The van der Waals surface area contributed by atoms with Gasteiger partial charge >= 0.3 is 0 Å². The third-order valence-corrected chi connectivity index (χ3v) is 5.67. The van der Waals surface area contributed by atoms with Crippen LogP contribution in [0.15, 0.2) is 60.8 Å². The maximum atomic E-state index is 13.2. The van der Waals surface area contributed by atoms with Crippen LogP contribution in [0.3, 0.4) is 0 Å². The van der Waals surface area contributed by atoms with E-state index < -0.39 is 5.60 Å². The second-order valence-electron chi connectivity index (χ2n) is 8.50. The zero-order chi connectivity index (χ0) is 20.6. The number of rotatable bonds is 5. The van der Waals surface area contributed by atoms with E-state index in [-0.39, 0.29) is 11.8 Å². The molecule has 0 unspecified atom stereocenters. The lowest BCUT2D eigenvalue weighted by Crippen LogP contribution is -2.57. The Hall–Kier alpha value is -2.92. The molecule has 0 atom stereocenters. The standard InChI is InChI=1S/C24H27N3O2/c1-17-9-11-19(12-10-17)22-21(23(28)26-14-20(15-26)24(2,3)29)16-27(25-22)13-18-7-5-4-6-8-18/h4-12,16,20,29H,13-15H2,1-3H3. The second kappa shape index (κ2) is 7.48. The second-order valence-corrected chi connectivity index (χ2v) is 8.50. The summed E-state index contributed by atoms with van der Waals surface area (Å²) in [6, 6.07) is 18.2. The van der Waals surface area contributed by atoms with Crippen LogP contribution in [0, 0.1) is 12.8 Å². The Balaban J connectivity index is 1.64. The minimum absolute atomic E-state index is 0.0274. The van der Waals surface area contributed by atoms with Gasteiger partial charge in [-0.05, 0) is 26.3 Å². The van der Waals surface area contributed by atoms with Gasteiger partial charge in [0.05, 0.1) is 17.7 Å². The number of carbonyl (C=O) groups excluding carboxylic acids is 1. The molecule has 5 nitrogen and oxygen atoms in total. The van der Waals surface area contributed by atoms with Crippen molar-refractivity contribution in [3.8, 4) is 11.3 Å². The van der Waals surface area contributed by atoms with Crippen LogP contribution in [0.4, 0.5) is 0 Å². The third kappa shape index (κ3) is 4.10. The van der Waals surface area contributed by atoms with Crippen LogP contribution < -0.4 is 0 Å². The Kier molecular flexibility index (Phi) is 5.01. The summed E-state index contributed by atoms with van der Waals surface area (Å²) in [5.74, 6) is 0.0778. The van der Waals surface area contributed by atoms with Crippen molar-refractivity contribution in [2.45, 2.75) is 32.9 Å². The van der Waals surface area contributed by atoms with Gasteiger partial charge in [-0.25, -0.2) is 0 Å². The van der Waals surface area contributed by atoms with Gasteiger partial charge in [0.2, 0.25) is 0 Å². The molecule has 1 amide bonds. The molecular weight excluding hydrogens is 362 g/mol. The topological polar surface area (TPSA) is 58.4 Å². The first-order valence-electron chi connectivity index (χ1n) is 10.0. The molecule has 0 saturated carbocycles. The van der Waals surface area contributed by atoms with Gasteiger partial charge in [0.1, 0.15) is 5.69 Å². The molecule has 150 valence electrons. The Bertz CT molecular complexity index is 995. The molecule has 1 fully saturated rings. The number of hydrogen-bond donors (Lipinski definition) is 1. The predicted octanol–water partition coefficient (Wildman–Crippen LogP) is 3.75. The first-order chi connectivity index (χ1) is 13.8. The molecular formula is C24H27N3O2. The maximum absolute atomic E-state index is 13.2. The summed E-state index contributed by atoms with van der Waals surface area (Å²) >= 11 is 0. The van der Waals surface area contributed by atoms with Crippen molar-refractivity contribution in [2.24, 2.45) is 5.92 Å². The normalized spacial score (nSPS) is 14.7. The number of aryl methyl sites for hydroxylation is 1. The largest absolute Gasteiger partial charge is 0.390 e. The fourth-order valence-corrected chi connectivity index (χ4v) is 3.62. The van der Waals surface area contributed by atoms with Crippen molar-refractivity contribution in [3.63, 3.8) is 0 Å². The van der Waals surface area contributed by atoms with Crippen LogP contribution in [0.5, 0.6) is 0 Å². The molecule has 1 aliphatic rings. The molecule has 1 saturated heterocycles. The maximum Gasteiger partial charge on any atom is 0.257 e. The highest BCUT2D eigenvalue weighted by atomic mass is 16.3. The quantitative estimate of drug-likeness (QED) is 0.723. The SMILES string of the molecule is Cc1ccc(-c2nn(Cc3ccccc3)cc2C(=O)N2CC(C(C)(C)O)C2)cc1. The van der Waals surface area contributed by atoms with Crippen molar-refractivity contribution in [2.75, 3.05) is 13.1 Å². The fourth-order valence-electron chi connectivity index (χ4n) is 3.62. The van der Waals surface area contributed by atoms with E-state index in [0.717, 1.165) is 11.1 Å². The molecule has 0 radical (unpaired) electrons. The number of aliphatic hydroxyl groups is 1. The van der Waals surface area contributed by atoms with Crippen LogP contribution in [0.1, 0.15) is 35.3 Å². The van der Waals surface area contributed by atoms with Gasteiger partial charge in [-0.2, -0.15) is 5.10 Å². The van der Waals surface area contributed by atoms with E-state index in [9.17, 15) is 9.90 Å². The van der Waals surface area contributed by atoms with Crippen LogP contribution in [0.25, 0.3) is 11.3 Å². The van der Waals surface area contributed by atoms with Crippen LogP contribution in [0.2, 0.25) is 0 Å². The lowest BCUT2D eigenvalue weighted by Gasteiger charge is -2.45. The highest BCUT2D eigenvalue weighted by Gasteiger charge is 2.40. The fraction of sp³-hybridized carbons (Fsp3) is 0.333. The molecule has 0 bridgehead atoms. The lowest BCUT2D eigenvalue weighted by molar-refractivity contribution is -0.0506. The monoisotopic (exact) mass is 389 g/mol. The Morgan fingerprint density at radius 2 is 1.76 bits per heavy atom. The van der Waals surface area contributed by atoms with E-state index in [4.69, 9.17) is 5.10 Å². The average molecular weight is 389 g/mol. The smallest absolute Gasteiger partial charge is 0.257 e. The van der Waals surface area contributed by atoms with Crippen LogP contribution in [-0.4, -0.2) is 44.4 Å². The number of aromatic nitrogens is 2. The number of carbonyl (C=O) groups is 1. The van der Waals surface area contributed by atoms with Crippen molar-refractivity contribution >= 4 is 5.91 Å². The number of amides is 1. The van der Waals surface area contributed by atoms with Gasteiger partial charge in [0.15, 0.2) is 0 Å². The first kappa shape index (κ1) is 19.4. The Labute approximate surface area is 171 Å². The lowest BCUT2D eigenvalue weighted by atomic mass is 9.84. The first-order valence-corrected chi connectivity index (χ1v) is 10.0. The third-order valence-electron chi connectivity index (χ3n) is 5.67. The summed E-state index contributed by atoms with van der Waals surface area (Å²) in [5.41, 5.74) is 3.78. The van der Waals surface area contributed by atoms with Crippen molar-refractivity contribution in [3.05, 3.63) is 77.5 Å². The summed E-state index contributed by atoms with van der Waals surface area (Å²) < 4.78 is 1.84. The molecule has 1 aliphatic heterocycles. The Morgan fingerprint density at radius 1 is 1.10 bits per heavy atom. The van der Waals surface area contributed by atoms with Crippen molar-refractivity contribution in [1.82, 2.24) is 14.7 Å². The van der Waals surface area contributed by atoms with E-state index >= 15 is 0 Å². The summed E-state index contributed by atoms with van der Waals surface area (Å²) in [6.07, 6.45) is 1.85. The zero-order valence-corrected chi connectivity index (χ0v) is 17.2. The molecule has 5 heteroatoms. The Morgan fingerprint density at radius 3 is 2.38 bits per heavy atom. The molecule has 1 N–H and O–H groups in total. The summed E-state index contributed by atoms with van der Waals surface area (Å²) in [6.45, 7) is 7.39. The summed E-state index contributed by atoms with van der Waals surface area (Å²) in [5, 5.41) is 14.9. The van der Waals surface area contributed by atoms with E-state index in [1.807, 2.05) is 60.3 Å². The van der Waals surface area contributed by atoms with Crippen molar-refractivity contribution in [1.29, 1.82) is 0 Å². The van der Waals surface area contributed by atoms with Gasteiger partial charge in [0.25, 0.3) is 5.91 Å². The minimum Gasteiger partial charge on any atom is -0.390 e. The van der Waals surface area contributed by atoms with Crippen LogP contribution >= 0.6 is 0 Å². The van der Waals surface area contributed by atoms with E-state index in [0.29, 0.717) is 30.9 Å². The summed E-state index contributed by atoms with van der Waals surface area (Å²) in [7, 11) is 0. The number of benzene rings is 2. The van der Waals surface area contributed by atoms with Gasteiger partial charge in [-0.1, -0.05) is 60.2 Å². The van der Waals surface area contributed by atoms with Gasteiger partial charge in [-0.15, -0.1) is 0 Å². The number of nitrogens with zero attached hydrogens (tertiary/aromatic N) is 3. The number of likely N-dealkylation sites (tertiary alicyclic amines) is 1. The molecule has 2 heterocycles. The van der Waals surface area contributed by atoms with Crippen molar-refractivity contribution < 1.29 is 9.90 Å². The molecule has 0 aliphatic carbocycles. The number of hydrogen-bond acceptors (Lipinski definition) is 3. The van der Waals surface area contributed by atoms with Gasteiger partial charge in [-0.3, -0.25) is 9.48 Å². The molecule has 1 aromatic heterocycles. The van der Waals surface area contributed by atoms with E-state index in [1.54, 1.807) is 18.7 Å².